The molecule has 5 rings (SSSR count). The van der Waals surface area contributed by atoms with Gasteiger partial charge in [-0.3, -0.25) is 14.4 Å². The van der Waals surface area contributed by atoms with Gasteiger partial charge >= 0.3 is 0 Å². The van der Waals surface area contributed by atoms with Crippen molar-refractivity contribution in [2.45, 2.75) is 59.0 Å². The number of anilines is 2. The van der Waals surface area contributed by atoms with Crippen molar-refractivity contribution >= 4 is 34.2 Å². The Morgan fingerprint density at radius 2 is 1.80 bits per heavy atom. The molecule has 11 heteroatoms. The Kier molecular flexibility index (Phi) is 9.50. The second-order valence-corrected chi connectivity index (χ2v) is 11.6. The van der Waals surface area contributed by atoms with Gasteiger partial charge in [-0.15, -0.1) is 0 Å². The molecule has 0 radical (unpaired) electrons. The maximum absolute atomic E-state index is 13.9. The molecule has 0 saturated heterocycles. The molecule has 3 atom stereocenters. The third kappa shape index (κ3) is 6.35. The topological polar surface area (TPSA) is 144 Å². The number of nitrogens with zero attached hydrogens (tertiary/aromatic N) is 1. The van der Waals surface area contributed by atoms with Crippen molar-refractivity contribution in [3.63, 3.8) is 0 Å². The van der Waals surface area contributed by atoms with E-state index < -0.39 is 12.1 Å². The number of amides is 2. The zero-order valence-electron chi connectivity index (χ0n) is 27.3. The van der Waals surface area contributed by atoms with Crippen molar-refractivity contribution in [1.82, 2.24) is 15.3 Å². The van der Waals surface area contributed by atoms with E-state index in [-0.39, 0.29) is 28.8 Å². The van der Waals surface area contributed by atoms with Crippen LogP contribution in [0.2, 0.25) is 0 Å². The van der Waals surface area contributed by atoms with Crippen LogP contribution in [0.15, 0.2) is 47.3 Å². The number of aryl methyl sites for hydroxylation is 2. The number of hydrogen-bond acceptors (Lipinski definition) is 8. The van der Waals surface area contributed by atoms with Crippen LogP contribution >= 0.6 is 0 Å². The first-order valence-corrected chi connectivity index (χ1v) is 15.4. The van der Waals surface area contributed by atoms with Gasteiger partial charge in [-0.25, -0.2) is 4.98 Å². The molecule has 3 aromatic carbocycles. The fraction of sp³-hybridized carbons (Fsp3) is 0.371. The summed E-state index contributed by atoms with van der Waals surface area (Å²) in [5, 5.41) is 9.29. The molecular weight excluding hydrogens is 586 g/mol. The second kappa shape index (κ2) is 13.5. The van der Waals surface area contributed by atoms with Crippen molar-refractivity contribution < 1.29 is 23.8 Å². The molecule has 242 valence electrons. The number of hydrogen-bond donors (Lipinski definition) is 4. The Hall–Kier alpha value is -5.06. The summed E-state index contributed by atoms with van der Waals surface area (Å²) in [7, 11) is 4.67. The zero-order valence-corrected chi connectivity index (χ0v) is 27.3. The lowest BCUT2D eigenvalue weighted by atomic mass is 9.95. The molecule has 46 heavy (non-hydrogen) atoms. The van der Waals surface area contributed by atoms with Crippen LogP contribution in [0.3, 0.4) is 0 Å². The number of ether oxygens (including phenoxy) is 3. The molecule has 1 heterocycles. The summed E-state index contributed by atoms with van der Waals surface area (Å²) in [5.41, 5.74) is 5.24. The number of imidazole rings is 1. The van der Waals surface area contributed by atoms with Gasteiger partial charge in [-0.1, -0.05) is 26.3 Å². The molecule has 0 aliphatic heterocycles. The van der Waals surface area contributed by atoms with Crippen LogP contribution in [0.4, 0.5) is 11.4 Å². The van der Waals surface area contributed by atoms with Crippen molar-refractivity contribution in [2.75, 3.05) is 32.0 Å². The maximum atomic E-state index is 13.9. The Balaban J connectivity index is 1.59. The minimum atomic E-state index is -0.712. The van der Waals surface area contributed by atoms with Crippen LogP contribution in [-0.2, 0) is 16.0 Å². The van der Waals surface area contributed by atoms with Crippen LogP contribution in [0, 0.1) is 12.8 Å². The van der Waals surface area contributed by atoms with E-state index in [0.717, 1.165) is 28.0 Å². The number of carbonyl (C=O) groups is 2. The minimum absolute atomic E-state index is 0.106. The lowest BCUT2D eigenvalue weighted by Gasteiger charge is -2.24. The average Bonchev–Trinajstić information content (AvgIpc) is 3.25. The van der Waals surface area contributed by atoms with Gasteiger partial charge < -0.3 is 35.1 Å². The first kappa shape index (κ1) is 32.3. The second-order valence-electron chi connectivity index (χ2n) is 11.6. The molecule has 0 spiro atoms. The third-order valence-corrected chi connectivity index (χ3v) is 8.59. The van der Waals surface area contributed by atoms with Crippen molar-refractivity contribution in [1.29, 1.82) is 0 Å². The Bertz CT molecular complexity index is 1850. The molecule has 1 aliphatic rings. The normalized spacial score (nSPS) is 15.1. The predicted molar refractivity (Wildman–Crippen MR) is 179 cm³/mol. The highest BCUT2D eigenvalue weighted by molar-refractivity contribution is 5.98. The van der Waals surface area contributed by atoms with Crippen molar-refractivity contribution in [2.24, 2.45) is 5.92 Å². The summed E-state index contributed by atoms with van der Waals surface area (Å²) < 4.78 is 17.2. The standard InChI is InChI=1S/C35H41N5O6/c1-8-18(2)32(35(43)39-22-10-13-26-28(16-22)37-19(3)36-26)40-27-14-11-23-24(17-29(27)42)25(38-20(4)41)12-9-21-15-30(44-5)33(45-6)34(46-7)31(21)23/h10-11,13-18,25,32H,8-9,12H2,1-7H3,(H,36,37)(H,38,41)(H,39,43)(H,40,42)/t18-,25+,32-/m0/s1. The zero-order chi connectivity index (χ0) is 33.1. The van der Waals surface area contributed by atoms with Gasteiger partial charge in [0, 0.05) is 18.2 Å². The number of aromatic nitrogens is 2. The number of nitrogens with one attached hydrogen (secondary N) is 4. The summed E-state index contributed by atoms with van der Waals surface area (Å²) in [6.45, 7) is 7.30. The van der Waals surface area contributed by atoms with E-state index >= 15 is 0 Å². The Morgan fingerprint density at radius 1 is 1.04 bits per heavy atom. The number of H-pyrrole nitrogens is 1. The summed E-state index contributed by atoms with van der Waals surface area (Å²) in [5.74, 6) is 1.62. The first-order chi connectivity index (χ1) is 22.1. The van der Waals surface area contributed by atoms with Crippen LogP contribution in [0.25, 0.3) is 22.2 Å². The largest absolute Gasteiger partial charge is 0.493 e. The summed E-state index contributed by atoms with van der Waals surface area (Å²) in [6.07, 6.45) is 1.84. The van der Waals surface area contributed by atoms with E-state index in [1.54, 1.807) is 33.5 Å². The van der Waals surface area contributed by atoms with E-state index in [1.807, 2.05) is 51.1 Å². The van der Waals surface area contributed by atoms with Crippen LogP contribution in [0.1, 0.15) is 56.6 Å². The molecular formula is C35H41N5O6. The smallest absolute Gasteiger partial charge is 0.247 e. The van der Waals surface area contributed by atoms with Crippen molar-refractivity contribution in [3.05, 3.63) is 69.6 Å². The highest BCUT2D eigenvalue weighted by atomic mass is 16.5. The quantitative estimate of drug-likeness (QED) is 0.180. The molecule has 0 fully saturated rings. The molecule has 1 aliphatic carbocycles. The van der Waals surface area contributed by atoms with Gasteiger partial charge in [0.25, 0.3) is 0 Å². The minimum Gasteiger partial charge on any atom is -0.493 e. The number of benzene rings is 2. The highest BCUT2D eigenvalue weighted by Crippen LogP contribution is 2.50. The van der Waals surface area contributed by atoms with Crippen LogP contribution < -0.4 is 35.6 Å². The number of methoxy groups -OCH3 is 3. The number of carbonyl (C=O) groups excluding carboxylic acids is 2. The summed E-state index contributed by atoms with van der Waals surface area (Å²) in [4.78, 5) is 47.5. The van der Waals surface area contributed by atoms with E-state index in [4.69, 9.17) is 14.2 Å². The highest BCUT2D eigenvalue weighted by Gasteiger charge is 2.30. The SMILES string of the molecule is CC[C@H](C)[C@H](Nc1ccc2c(cc1=O)[C@H](NC(C)=O)CCc1cc(OC)c(OC)c(OC)c1-2)C(=O)Nc1ccc2nc(C)[nH]c2c1. The van der Waals surface area contributed by atoms with E-state index in [0.29, 0.717) is 53.3 Å². The maximum Gasteiger partial charge on any atom is 0.247 e. The molecule has 1 aromatic heterocycles. The Labute approximate surface area is 268 Å². The monoisotopic (exact) mass is 627 g/mol. The van der Waals surface area contributed by atoms with Crippen LogP contribution in [0.5, 0.6) is 17.2 Å². The predicted octanol–water partition coefficient (Wildman–Crippen LogP) is 5.51. The fourth-order valence-corrected chi connectivity index (χ4v) is 6.13. The number of fused-ring (bicyclic) bond motifs is 4. The molecule has 11 nitrogen and oxygen atoms in total. The van der Waals surface area contributed by atoms with E-state index in [1.165, 1.54) is 6.92 Å². The van der Waals surface area contributed by atoms with E-state index in [9.17, 15) is 14.4 Å². The molecule has 4 aromatic rings. The number of rotatable bonds is 10. The molecule has 0 bridgehead atoms. The molecule has 0 saturated carbocycles. The average molecular weight is 628 g/mol. The third-order valence-electron chi connectivity index (χ3n) is 8.59. The van der Waals surface area contributed by atoms with Gasteiger partial charge in [0.1, 0.15) is 11.9 Å². The van der Waals surface area contributed by atoms with Crippen molar-refractivity contribution in [3.8, 4) is 28.4 Å². The molecule has 2 amide bonds. The molecule has 4 N–H and O–H groups in total. The van der Waals surface area contributed by atoms with Gasteiger partial charge in [-0.2, -0.15) is 0 Å². The first-order valence-electron chi connectivity index (χ1n) is 15.4. The lowest BCUT2D eigenvalue weighted by Crippen LogP contribution is -2.40. The van der Waals surface area contributed by atoms with E-state index in [2.05, 4.69) is 25.9 Å². The molecule has 0 unspecified atom stereocenters. The fourth-order valence-electron chi connectivity index (χ4n) is 6.13. The van der Waals surface area contributed by atoms with Gasteiger partial charge in [-0.05, 0) is 78.8 Å². The summed E-state index contributed by atoms with van der Waals surface area (Å²) in [6, 6.07) is 11.3. The Morgan fingerprint density at radius 3 is 2.48 bits per heavy atom. The summed E-state index contributed by atoms with van der Waals surface area (Å²) >= 11 is 0. The van der Waals surface area contributed by atoms with Gasteiger partial charge in [0.2, 0.25) is 23.0 Å². The van der Waals surface area contributed by atoms with Gasteiger partial charge in [0.15, 0.2) is 11.5 Å². The number of aromatic amines is 1. The van der Waals surface area contributed by atoms with Gasteiger partial charge in [0.05, 0.1) is 44.1 Å². The van der Waals surface area contributed by atoms with Crippen LogP contribution in [-0.4, -0.2) is 49.2 Å². The lowest BCUT2D eigenvalue weighted by molar-refractivity contribution is -0.120.